The standard InChI is InChI=1S/C10H20O5/c1-6(4-11)8-9(7(13)5-12)15-10(2,3)14-8/h6-9,11-13H,4-5H2,1-3H3. The van der Waals surface area contributed by atoms with E-state index in [4.69, 9.17) is 19.7 Å². The molecule has 1 aliphatic heterocycles. The summed E-state index contributed by atoms with van der Waals surface area (Å²) >= 11 is 0. The fourth-order valence-corrected chi connectivity index (χ4v) is 1.76. The molecule has 0 spiro atoms. The van der Waals surface area contributed by atoms with Gasteiger partial charge in [0.25, 0.3) is 0 Å². The molecule has 0 amide bonds. The van der Waals surface area contributed by atoms with Gasteiger partial charge in [0.1, 0.15) is 12.2 Å². The van der Waals surface area contributed by atoms with Gasteiger partial charge in [-0.2, -0.15) is 0 Å². The van der Waals surface area contributed by atoms with Gasteiger partial charge in [-0.3, -0.25) is 0 Å². The van der Waals surface area contributed by atoms with Crippen LogP contribution in [0.5, 0.6) is 0 Å². The first-order valence-corrected chi connectivity index (χ1v) is 5.16. The van der Waals surface area contributed by atoms with Crippen LogP contribution in [-0.2, 0) is 9.47 Å². The number of hydrogen-bond acceptors (Lipinski definition) is 5. The van der Waals surface area contributed by atoms with Crippen molar-refractivity contribution in [3.63, 3.8) is 0 Å². The molecule has 1 aliphatic rings. The third kappa shape index (κ3) is 2.89. The van der Waals surface area contributed by atoms with Crippen LogP contribution in [0.25, 0.3) is 0 Å². The van der Waals surface area contributed by atoms with E-state index in [1.165, 1.54) is 0 Å². The second-order valence-electron chi connectivity index (χ2n) is 4.47. The van der Waals surface area contributed by atoms with Crippen molar-refractivity contribution in [3.05, 3.63) is 0 Å². The summed E-state index contributed by atoms with van der Waals surface area (Å²) < 4.78 is 11.1. The van der Waals surface area contributed by atoms with Crippen LogP contribution in [0.15, 0.2) is 0 Å². The molecule has 0 aromatic carbocycles. The zero-order valence-corrected chi connectivity index (χ0v) is 9.38. The summed E-state index contributed by atoms with van der Waals surface area (Å²) in [6.45, 7) is 4.88. The largest absolute Gasteiger partial charge is 0.396 e. The van der Waals surface area contributed by atoms with Crippen molar-refractivity contribution in [2.24, 2.45) is 5.92 Å². The highest BCUT2D eigenvalue weighted by Crippen LogP contribution is 2.33. The summed E-state index contributed by atoms with van der Waals surface area (Å²) in [6.07, 6.45) is -1.97. The van der Waals surface area contributed by atoms with Crippen molar-refractivity contribution < 1.29 is 24.8 Å². The van der Waals surface area contributed by atoms with Crippen LogP contribution in [0.2, 0.25) is 0 Å². The lowest BCUT2D eigenvalue weighted by Crippen LogP contribution is -2.41. The fraction of sp³-hybridized carbons (Fsp3) is 1.00. The molecule has 5 heteroatoms. The van der Waals surface area contributed by atoms with Gasteiger partial charge in [-0.25, -0.2) is 0 Å². The van der Waals surface area contributed by atoms with Crippen molar-refractivity contribution in [3.8, 4) is 0 Å². The number of hydrogen-bond donors (Lipinski definition) is 3. The molecule has 3 N–H and O–H groups in total. The maximum Gasteiger partial charge on any atom is 0.163 e. The van der Waals surface area contributed by atoms with Crippen LogP contribution in [0.1, 0.15) is 20.8 Å². The molecule has 0 aromatic rings. The molecule has 5 nitrogen and oxygen atoms in total. The Bertz CT molecular complexity index is 186. The molecule has 1 fully saturated rings. The summed E-state index contributed by atoms with van der Waals surface area (Å²) in [5, 5.41) is 27.5. The van der Waals surface area contributed by atoms with Crippen molar-refractivity contribution >= 4 is 0 Å². The third-order valence-electron chi connectivity index (χ3n) is 2.58. The van der Waals surface area contributed by atoms with E-state index in [1.54, 1.807) is 13.8 Å². The molecule has 0 saturated carbocycles. The smallest absolute Gasteiger partial charge is 0.163 e. The maximum absolute atomic E-state index is 9.57. The predicted molar refractivity (Wildman–Crippen MR) is 53.2 cm³/mol. The lowest BCUT2D eigenvalue weighted by Gasteiger charge is -2.24. The minimum atomic E-state index is -0.981. The average molecular weight is 220 g/mol. The molecule has 15 heavy (non-hydrogen) atoms. The highest BCUT2D eigenvalue weighted by Gasteiger charge is 2.46. The maximum atomic E-state index is 9.57. The summed E-state index contributed by atoms with van der Waals surface area (Å²) in [5.41, 5.74) is 0. The summed E-state index contributed by atoms with van der Waals surface area (Å²) in [5.74, 6) is -0.924. The lowest BCUT2D eigenvalue weighted by molar-refractivity contribution is -0.159. The molecule has 0 radical (unpaired) electrons. The van der Waals surface area contributed by atoms with E-state index < -0.39 is 24.1 Å². The van der Waals surface area contributed by atoms with Gasteiger partial charge in [-0.1, -0.05) is 6.92 Å². The van der Waals surface area contributed by atoms with Crippen LogP contribution in [-0.4, -0.2) is 52.6 Å². The monoisotopic (exact) mass is 220 g/mol. The minimum Gasteiger partial charge on any atom is -0.396 e. The summed E-state index contributed by atoms with van der Waals surface area (Å²) in [4.78, 5) is 0. The number of aliphatic hydroxyl groups is 3. The van der Waals surface area contributed by atoms with Gasteiger partial charge in [-0.05, 0) is 13.8 Å². The first-order valence-electron chi connectivity index (χ1n) is 5.16. The minimum absolute atomic E-state index is 0.0429. The Balaban J connectivity index is 2.74. The molecule has 0 aromatic heterocycles. The highest BCUT2D eigenvalue weighted by atomic mass is 16.8. The molecule has 90 valence electrons. The molecule has 4 unspecified atom stereocenters. The second-order valence-corrected chi connectivity index (χ2v) is 4.47. The van der Waals surface area contributed by atoms with Crippen molar-refractivity contribution in [2.45, 2.75) is 44.9 Å². The molecule has 0 aliphatic carbocycles. The van der Waals surface area contributed by atoms with Crippen molar-refractivity contribution in [1.82, 2.24) is 0 Å². The summed E-state index contributed by atoms with van der Waals surface area (Å²) in [7, 11) is 0. The van der Waals surface area contributed by atoms with Gasteiger partial charge in [-0.15, -0.1) is 0 Å². The van der Waals surface area contributed by atoms with Crippen molar-refractivity contribution in [1.29, 1.82) is 0 Å². The first kappa shape index (κ1) is 12.9. The van der Waals surface area contributed by atoms with Gasteiger partial charge in [0.2, 0.25) is 0 Å². The van der Waals surface area contributed by atoms with E-state index in [2.05, 4.69) is 0 Å². The van der Waals surface area contributed by atoms with Crippen LogP contribution < -0.4 is 0 Å². The molecule has 4 atom stereocenters. The van der Waals surface area contributed by atoms with Gasteiger partial charge in [0, 0.05) is 12.5 Å². The fourth-order valence-electron chi connectivity index (χ4n) is 1.76. The first-order chi connectivity index (χ1) is 6.91. The highest BCUT2D eigenvalue weighted by molar-refractivity contribution is 4.88. The Morgan fingerprint density at radius 2 is 1.67 bits per heavy atom. The van der Waals surface area contributed by atoms with E-state index in [-0.39, 0.29) is 19.1 Å². The molecule has 1 rings (SSSR count). The third-order valence-corrected chi connectivity index (χ3v) is 2.58. The molecule has 1 heterocycles. The predicted octanol–water partition coefficient (Wildman–Crippen LogP) is -0.512. The van der Waals surface area contributed by atoms with Crippen LogP contribution in [0.4, 0.5) is 0 Å². The normalized spacial score (nSPS) is 34.0. The quantitative estimate of drug-likeness (QED) is 0.594. The molecular weight excluding hydrogens is 200 g/mol. The van der Waals surface area contributed by atoms with Gasteiger partial charge in [0.05, 0.1) is 12.7 Å². The topological polar surface area (TPSA) is 79.2 Å². The van der Waals surface area contributed by atoms with Crippen LogP contribution in [0.3, 0.4) is 0 Å². The van der Waals surface area contributed by atoms with Gasteiger partial charge >= 0.3 is 0 Å². The Morgan fingerprint density at radius 1 is 1.13 bits per heavy atom. The molecule has 1 saturated heterocycles. The Morgan fingerprint density at radius 3 is 2.13 bits per heavy atom. The van der Waals surface area contributed by atoms with Crippen molar-refractivity contribution in [2.75, 3.05) is 13.2 Å². The van der Waals surface area contributed by atoms with E-state index in [9.17, 15) is 5.11 Å². The SMILES string of the molecule is CC(CO)C1OC(C)(C)OC1C(O)CO. The lowest BCUT2D eigenvalue weighted by atomic mass is 9.97. The van der Waals surface area contributed by atoms with Crippen LogP contribution >= 0.6 is 0 Å². The number of aliphatic hydroxyl groups excluding tert-OH is 3. The van der Waals surface area contributed by atoms with E-state index >= 15 is 0 Å². The Kier molecular flexibility index (Phi) is 4.08. The van der Waals surface area contributed by atoms with E-state index in [0.29, 0.717) is 0 Å². The number of ether oxygens (including phenoxy) is 2. The average Bonchev–Trinajstić information content (AvgIpc) is 2.52. The zero-order valence-electron chi connectivity index (χ0n) is 9.38. The second kappa shape index (κ2) is 4.76. The Hall–Kier alpha value is -0.200. The Labute approximate surface area is 89.6 Å². The van der Waals surface area contributed by atoms with Gasteiger partial charge in [0.15, 0.2) is 5.79 Å². The number of rotatable bonds is 4. The van der Waals surface area contributed by atoms with E-state index in [1.807, 2.05) is 6.92 Å². The van der Waals surface area contributed by atoms with E-state index in [0.717, 1.165) is 0 Å². The molecular formula is C10H20O5. The zero-order chi connectivity index (χ0) is 11.6. The van der Waals surface area contributed by atoms with Gasteiger partial charge < -0.3 is 24.8 Å². The molecule has 0 bridgehead atoms. The van der Waals surface area contributed by atoms with Crippen LogP contribution in [0, 0.1) is 5.92 Å². The summed E-state index contributed by atoms with van der Waals surface area (Å²) in [6, 6.07) is 0.